The van der Waals surface area contributed by atoms with Gasteiger partial charge in [-0.15, -0.1) is 23.5 Å². The normalized spacial score (nSPS) is 19.3. The van der Waals surface area contributed by atoms with Gasteiger partial charge in [0.25, 0.3) is 0 Å². The predicted octanol–water partition coefficient (Wildman–Crippen LogP) is 4.44. The summed E-state index contributed by atoms with van der Waals surface area (Å²) >= 11 is 3.88. The van der Waals surface area contributed by atoms with Crippen LogP contribution in [0.3, 0.4) is 0 Å². The molecule has 1 atom stereocenters. The molecule has 2 aliphatic rings. The van der Waals surface area contributed by atoms with Gasteiger partial charge >= 0.3 is 0 Å². The Morgan fingerprint density at radius 1 is 1.05 bits per heavy atom. The third kappa shape index (κ3) is 2.74. The van der Waals surface area contributed by atoms with Gasteiger partial charge in [0.2, 0.25) is 0 Å². The fourth-order valence-corrected chi connectivity index (χ4v) is 5.13. The zero-order valence-electron chi connectivity index (χ0n) is 11.6. The molecule has 1 unspecified atom stereocenters. The SMILES string of the molecule is c1ccc2c(c1)SCC2CSc1ccc2c(c1)OCCO2. The van der Waals surface area contributed by atoms with Crippen molar-refractivity contribution in [2.75, 3.05) is 24.7 Å². The first kappa shape index (κ1) is 13.4. The van der Waals surface area contributed by atoms with E-state index in [1.807, 2.05) is 29.6 Å². The molecule has 2 nitrogen and oxygen atoms in total. The third-order valence-corrected chi connectivity index (χ3v) is 6.17. The molecule has 0 saturated heterocycles. The van der Waals surface area contributed by atoms with E-state index in [9.17, 15) is 0 Å². The second-order valence-corrected chi connectivity index (χ2v) is 7.32. The van der Waals surface area contributed by atoms with Crippen molar-refractivity contribution in [1.29, 1.82) is 0 Å². The quantitative estimate of drug-likeness (QED) is 0.779. The Hall–Kier alpha value is -1.26. The van der Waals surface area contributed by atoms with Gasteiger partial charge < -0.3 is 9.47 Å². The van der Waals surface area contributed by atoms with E-state index in [2.05, 4.69) is 36.4 Å². The van der Waals surface area contributed by atoms with Gasteiger partial charge in [-0.1, -0.05) is 18.2 Å². The van der Waals surface area contributed by atoms with E-state index >= 15 is 0 Å². The minimum Gasteiger partial charge on any atom is -0.486 e. The number of fused-ring (bicyclic) bond motifs is 2. The van der Waals surface area contributed by atoms with Crippen molar-refractivity contribution in [3.8, 4) is 11.5 Å². The lowest BCUT2D eigenvalue weighted by molar-refractivity contribution is 0.171. The van der Waals surface area contributed by atoms with Crippen LogP contribution in [0.15, 0.2) is 52.3 Å². The van der Waals surface area contributed by atoms with Crippen LogP contribution in [0, 0.1) is 0 Å². The molecule has 2 heterocycles. The second kappa shape index (κ2) is 5.85. The van der Waals surface area contributed by atoms with Gasteiger partial charge in [-0.25, -0.2) is 0 Å². The molecule has 2 aliphatic heterocycles. The molecule has 0 N–H and O–H groups in total. The summed E-state index contributed by atoms with van der Waals surface area (Å²) < 4.78 is 11.2. The lowest BCUT2D eigenvalue weighted by atomic mass is 10.0. The lowest BCUT2D eigenvalue weighted by Crippen LogP contribution is -2.15. The van der Waals surface area contributed by atoms with Gasteiger partial charge in [-0.05, 0) is 29.8 Å². The number of hydrogen-bond donors (Lipinski definition) is 0. The van der Waals surface area contributed by atoms with Crippen LogP contribution in [0.5, 0.6) is 11.5 Å². The smallest absolute Gasteiger partial charge is 0.162 e. The fourth-order valence-electron chi connectivity index (χ4n) is 2.68. The van der Waals surface area contributed by atoms with Gasteiger partial charge in [0.05, 0.1) is 0 Å². The number of ether oxygens (including phenoxy) is 2. The van der Waals surface area contributed by atoms with Crippen LogP contribution < -0.4 is 9.47 Å². The summed E-state index contributed by atoms with van der Waals surface area (Å²) in [4.78, 5) is 2.71. The monoisotopic (exact) mass is 316 g/mol. The van der Waals surface area contributed by atoms with Crippen LogP contribution in [-0.2, 0) is 0 Å². The van der Waals surface area contributed by atoms with Crippen molar-refractivity contribution in [2.24, 2.45) is 0 Å². The Morgan fingerprint density at radius 2 is 1.90 bits per heavy atom. The van der Waals surface area contributed by atoms with Crippen molar-refractivity contribution < 1.29 is 9.47 Å². The molecule has 0 spiro atoms. The highest BCUT2D eigenvalue weighted by Gasteiger charge is 2.22. The molecule has 0 radical (unpaired) electrons. The van der Waals surface area contributed by atoms with E-state index in [1.165, 1.54) is 21.1 Å². The summed E-state index contributed by atoms with van der Waals surface area (Å²) in [5.41, 5.74) is 1.51. The minimum atomic E-state index is 0.643. The Bertz CT molecular complexity index is 657. The lowest BCUT2D eigenvalue weighted by Gasteiger charge is -2.19. The molecule has 4 rings (SSSR count). The maximum absolute atomic E-state index is 5.65. The van der Waals surface area contributed by atoms with E-state index in [4.69, 9.17) is 9.47 Å². The molecule has 2 aromatic carbocycles. The Morgan fingerprint density at radius 3 is 2.86 bits per heavy atom. The zero-order valence-corrected chi connectivity index (χ0v) is 13.2. The Kier molecular flexibility index (Phi) is 3.74. The van der Waals surface area contributed by atoms with Crippen molar-refractivity contribution in [2.45, 2.75) is 15.7 Å². The highest BCUT2D eigenvalue weighted by molar-refractivity contribution is 8.00. The van der Waals surface area contributed by atoms with Gasteiger partial charge in [-0.3, -0.25) is 0 Å². The Labute approximate surface area is 133 Å². The Balaban J connectivity index is 1.46. The molecule has 0 saturated carbocycles. The topological polar surface area (TPSA) is 18.5 Å². The van der Waals surface area contributed by atoms with Crippen LogP contribution in [0.4, 0.5) is 0 Å². The molecule has 2 aromatic rings. The van der Waals surface area contributed by atoms with E-state index in [0.717, 1.165) is 17.3 Å². The van der Waals surface area contributed by atoms with Crippen LogP contribution in [0.2, 0.25) is 0 Å². The molecular formula is C17H16O2S2. The summed E-state index contributed by atoms with van der Waals surface area (Å²) in [6.07, 6.45) is 0. The van der Waals surface area contributed by atoms with E-state index in [0.29, 0.717) is 19.1 Å². The first-order chi connectivity index (χ1) is 10.4. The van der Waals surface area contributed by atoms with Gasteiger partial charge in [0, 0.05) is 27.2 Å². The van der Waals surface area contributed by atoms with Crippen molar-refractivity contribution in [1.82, 2.24) is 0 Å². The van der Waals surface area contributed by atoms with Gasteiger partial charge in [0.15, 0.2) is 11.5 Å². The number of benzene rings is 2. The third-order valence-electron chi connectivity index (χ3n) is 3.76. The highest BCUT2D eigenvalue weighted by atomic mass is 32.2. The van der Waals surface area contributed by atoms with Gasteiger partial charge in [0.1, 0.15) is 13.2 Å². The maximum atomic E-state index is 5.65. The first-order valence-electron chi connectivity index (χ1n) is 7.14. The summed E-state index contributed by atoms with van der Waals surface area (Å²) in [5.74, 6) is 4.70. The minimum absolute atomic E-state index is 0.643. The molecule has 0 bridgehead atoms. The van der Waals surface area contributed by atoms with Crippen molar-refractivity contribution in [3.05, 3.63) is 48.0 Å². The van der Waals surface area contributed by atoms with E-state index < -0.39 is 0 Å². The van der Waals surface area contributed by atoms with Crippen molar-refractivity contribution in [3.63, 3.8) is 0 Å². The molecule has 0 aliphatic carbocycles. The van der Waals surface area contributed by atoms with E-state index in [1.54, 1.807) is 0 Å². The average Bonchev–Trinajstić information content (AvgIpc) is 2.96. The molecule has 4 heteroatoms. The standard InChI is InChI=1S/C17H16O2S2/c1-2-4-17-14(3-1)12(11-21-17)10-20-13-5-6-15-16(9-13)19-8-7-18-15/h1-6,9,12H,7-8,10-11H2. The summed E-state index contributed by atoms with van der Waals surface area (Å²) in [7, 11) is 0. The van der Waals surface area contributed by atoms with Crippen LogP contribution in [0.1, 0.15) is 11.5 Å². The van der Waals surface area contributed by atoms with Crippen LogP contribution >= 0.6 is 23.5 Å². The first-order valence-corrected chi connectivity index (χ1v) is 9.11. The summed E-state index contributed by atoms with van der Waals surface area (Å²) in [6.45, 7) is 1.29. The second-order valence-electron chi connectivity index (χ2n) is 5.16. The van der Waals surface area contributed by atoms with E-state index in [-0.39, 0.29) is 0 Å². The largest absolute Gasteiger partial charge is 0.486 e. The molecular weight excluding hydrogens is 300 g/mol. The molecule has 108 valence electrons. The van der Waals surface area contributed by atoms with Gasteiger partial charge in [-0.2, -0.15) is 0 Å². The maximum Gasteiger partial charge on any atom is 0.162 e. The molecule has 0 aromatic heterocycles. The van der Waals surface area contributed by atoms with Crippen LogP contribution in [-0.4, -0.2) is 24.7 Å². The van der Waals surface area contributed by atoms with Crippen LogP contribution in [0.25, 0.3) is 0 Å². The number of hydrogen-bond acceptors (Lipinski definition) is 4. The van der Waals surface area contributed by atoms with Crippen molar-refractivity contribution >= 4 is 23.5 Å². The predicted molar refractivity (Wildman–Crippen MR) is 88.1 cm³/mol. The molecule has 21 heavy (non-hydrogen) atoms. The fraction of sp³-hybridized carbons (Fsp3) is 0.294. The zero-order chi connectivity index (χ0) is 14.1. The average molecular weight is 316 g/mol. The number of rotatable bonds is 3. The molecule has 0 fully saturated rings. The number of thioether (sulfide) groups is 2. The summed E-state index contributed by atoms with van der Waals surface area (Å²) in [6, 6.07) is 15.0. The molecule has 0 amide bonds. The highest BCUT2D eigenvalue weighted by Crippen LogP contribution is 2.42. The summed E-state index contributed by atoms with van der Waals surface area (Å²) in [5, 5.41) is 0.